The minimum Gasteiger partial charge on any atom is -0.480 e. The number of hydrogen-bond donors (Lipinski definition) is 2. The van der Waals surface area contributed by atoms with E-state index in [1.807, 2.05) is 6.07 Å². The van der Waals surface area contributed by atoms with E-state index in [9.17, 15) is 14.7 Å². The fourth-order valence-corrected chi connectivity index (χ4v) is 2.59. The molecule has 1 amide bonds. The van der Waals surface area contributed by atoms with Crippen LogP contribution >= 0.6 is 11.6 Å². The summed E-state index contributed by atoms with van der Waals surface area (Å²) in [5.74, 6) is -1.47. The third-order valence-corrected chi connectivity index (χ3v) is 4.09. The van der Waals surface area contributed by atoms with E-state index in [1.54, 1.807) is 24.3 Å². The molecule has 0 atom stereocenters. The number of amides is 1. The lowest BCUT2D eigenvalue weighted by molar-refractivity contribution is -0.148. The summed E-state index contributed by atoms with van der Waals surface area (Å²) in [7, 11) is 0. The number of rotatable bonds is 3. The van der Waals surface area contributed by atoms with E-state index < -0.39 is 17.4 Å². The molecular weight excluding hydrogens is 292 g/mol. The van der Waals surface area contributed by atoms with Crippen molar-refractivity contribution < 1.29 is 14.7 Å². The van der Waals surface area contributed by atoms with E-state index in [1.165, 1.54) is 0 Å². The zero-order chi connectivity index (χ0) is 15.0. The van der Waals surface area contributed by atoms with Gasteiger partial charge in [0.25, 0.3) is 5.91 Å². The van der Waals surface area contributed by atoms with Gasteiger partial charge in [-0.15, -0.1) is 0 Å². The largest absolute Gasteiger partial charge is 0.480 e. The first-order valence-electron chi connectivity index (χ1n) is 6.62. The predicted octanol–water partition coefficient (Wildman–Crippen LogP) is 2.63. The van der Waals surface area contributed by atoms with Crippen molar-refractivity contribution in [2.75, 3.05) is 0 Å². The molecule has 0 spiro atoms. The number of aromatic nitrogens is 1. The molecule has 0 aliphatic heterocycles. The van der Waals surface area contributed by atoms with Gasteiger partial charge in [0.1, 0.15) is 11.2 Å². The van der Waals surface area contributed by atoms with Crippen LogP contribution < -0.4 is 5.32 Å². The normalized spacial score (nSPS) is 16.2. The predicted molar refractivity (Wildman–Crippen MR) is 78.4 cm³/mol. The highest BCUT2D eigenvalue weighted by molar-refractivity contribution is 6.31. The number of pyridine rings is 1. The Bertz CT molecular complexity index is 741. The lowest BCUT2D eigenvalue weighted by Gasteiger charge is -2.38. The van der Waals surface area contributed by atoms with Crippen LogP contribution in [0.25, 0.3) is 10.9 Å². The van der Waals surface area contributed by atoms with Crippen molar-refractivity contribution in [3.63, 3.8) is 0 Å². The highest BCUT2D eigenvalue weighted by atomic mass is 35.5. The van der Waals surface area contributed by atoms with Gasteiger partial charge >= 0.3 is 5.97 Å². The Labute approximate surface area is 125 Å². The van der Waals surface area contributed by atoms with Crippen molar-refractivity contribution in [3.8, 4) is 0 Å². The van der Waals surface area contributed by atoms with E-state index in [0.717, 1.165) is 11.8 Å². The van der Waals surface area contributed by atoms with Crippen molar-refractivity contribution in [2.45, 2.75) is 24.8 Å². The minimum atomic E-state index is -1.14. The van der Waals surface area contributed by atoms with Gasteiger partial charge in [-0.05, 0) is 37.5 Å². The number of nitrogens with one attached hydrogen (secondary N) is 1. The molecule has 1 fully saturated rings. The number of carboxylic acids is 1. The summed E-state index contributed by atoms with van der Waals surface area (Å²) in [4.78, 5) is 27.7. The second-order valence-electron chi connectivity index (χ2n) is 5.23. The van der Waals surface area contributed by atoms with E-state index in [0.29, 0.717) is 23.4 Å². The summed E-state index contributed by atoms with van der Waals surface area (Å²) in [6.45, 7) is 0. The van der Waals surface area contributed by atoms with Crippen LogP contribution in [0.1, 0.15) is 29.8 Å². The van der Waals surface area contributed by atoms with Crippen molar-refractivity contribution >= 4 is 34.4 Å². The second-order valence-corrected chi connectivity index (χ2v) is 5.66. The van der Waals surface area contributed by atoms with Gasteiger partial charge in [0, 0.05) is 10.4 Å². The van der Waals surface area contributed by atoms with Crippen molar-refractivity contribution in [1.29, 1.82) is 0 Å². The van der Waals surface area contributed by atoms with Crippen LogP contribution in [0.3, 0.4) is 0 Å². The summed E-state index contributed by atoms with van der Waals surface area (Å²) in [5.41, 5.74) is -0.340. The molecule has 1 aliphatic rings. The van der Waals surface area contributed by atoms with Crippen LogP contribution in [0.2, 0.25) is 5.02 Å². The number of benzene rings is 1. The molecule has 0 radical (unpaired) electrons. The zero-order valence-corrected chi connectivity index (χ0v) is 11.9. The summed E-state index contributed by atoms with van der Waals surface area (Å²) >= 11 is 5.91. The van der Waals surface area contributed by atoms with Gasteiger partial charge in [-0.3, -0.25) is 4.79 Å². The molecule has 1 aromatic carbocycles. The number of halogens is 1. The Hall–Kier alpha value is -2.14. The molecule has 0 unspecified atom stereocenters. The van der Waals surface area contributed by atoms with Gasteiger partial charge in [0.2, 0.25) is 0 Å². The third kappa shape index (κ3) is 2.45. The fourth-order valence-electron chi connectivity index (χ4n) is 2.42. The molecule has 2 N–H and O–H groups in total. The standard InChI is InChI=1S/C15H13ClN2O3/c16-10-4-2-9-3-5-11(17-12(9)8-10)13(19)18-15(14(20)21)6-1-7-15/h2-5,8H,1,6-7H2,(H,18,19)(H,20,21). The summed E-state index contributed by atoms with van der Waals surface area (Å²) < 4.78 is 0. The Kier molecular flexibility index (Phi) is 3.29. The Balaban J connectivity index is 1.89. The number of hydrogen-bond acceptors (Lipinski definition) is 3. The molecule has 0 bridgehead atoms. The Morgan fingerprint density at radius 2 is 1.95 bits per heavy atom. The van der Waals surface area contributed by atoms with E-state index in [-0.39, 0.29) is 5.69 Å². The SMILES string of the molecule is O=C(NC1(C(=O)O)CCC1)c1ccc2ccc(Cl)cc2n1. The third-order valence-electron chi connectivity index (χ3n) is 3.86. The molecule has 21 heavy (non-hydrogen) atoms. The Morgan fingerprint density at radius 1 is 1.24 bits per heavy atom. The number of fused-ring (bicyclic) bond motifs is 1. The average Bonchev–Trinajstić information content (AvgIpc) is 2.41. The molecule has 6 heteroatoms. The number of carbonyl (C=O) groups is 2. The van der Waals surface area contributed by atoms with Crippen molar-refractivity contribution in [1.82, 2.24) is 10.3 Å². The van der Waals surface area contributed by atoms with Crippen LogP contribution in [0.5, 0.6) is 0 Å². The monoisotopic (exact) mass is 304 g/mol. The summed E-state index contributed by atoms with van der Waals surface area (Å²) in [6, 6.07) is 8.58. The first kappa shape index (κ1) is 13.8. The van der Waals surface area contributed by atoms with Gasteiger partial charge in [-0.1, -0.05) is 23.7 Å². The van der Waals surface area contributed by atoms with Crippen LogP contribution in [0.4, 0.5) is 0 Å². The topological polar surface area (TPSA) is 79.3 Å². The molecular formula is C15H13ClN2O3. The van der Waals surface area contributed by atoms with Gasteiger partial charge in [-0.2, -0.15) is 0 Å². The molecule has 1 heterocycles. The average molecular weight is 305 g/mol. The quantitative estimate of drug-likeness (QED) is 0.913. The first-order chi connectivity index (χ1) is 10.00. The molecule has 1 saturated carbocycles. The molecule has 3 rings (SSSR count). The fraction of sp³-hybridized carbons (Fsp3) is 0.267. The maximum atomic E-state index is 12.2. The number of nitrogens with zero attached hydrogens (tertiary/aromatic N) is 1. The highest BCUT2D eigenvalue weighted by Gasteiger charge is 2.45. The molecule has 1 aliphatic carbocycles. The van der Waals surface area contributed by atoms with E-state index >= 15 is 0 Å². The molecule has 1 aromatic heterocycles. The smallest absolute Gasteiger partial charge is 0.329 e. The zero-order valence-electron chi connectivity index (χ0n) is 11.1. The van der Waals surface area contributed by atoms with Gasteiger partial charge in [-0.25, -0.2) is 9.78 Å². The van der Waals surface area contributed by atoms with Crippen LogP contribution in [0, 0.1) is 0 Å². The van der Waals surface area contributed by atoms with Crippen LogP contribution in [0.15, 0.2) is 30.3 Å². The van der Waals surface area contributed by atoms with Crippen molar-refractivity contribution in [3.05, 3.63) is 41.0 Å². The van der Waals surface area contributed by atoms with E-state index in [4.69, 9.17) is 11.6 Å². The minimum absolute atomic E-state index is 0.192. The second kappa shape index (κ2) is 5.00. The molecule has 2 aromatic rings. The number of carbonyl (C=O) groups excluding carboxylic acids is 1. The van der Waals surface area contributed by atoms with Crippen molar-refractivity contribution in [2.24, 2.45) is 0 Å². The lowest BCUT2D eigenvalue weighted by atomic mass is 9.76. The Morgan fingerprint density at radius 3 is 2.57 bits per heavy atom. The van der Waals surface area contributed by atoms with Gasteiger partial charge < -0.3 is 10.4 Å². The lowest BCUT2D eigenvalue weighted by Crippen LogP contribution is -2.59. The van der Waals surface area contributed by atoms with Gasteiger partial charge in [0.05, 0.1) is 5.52 Å². The molecule has 5 nitrogen and oxygen atoms in total. The number of carboxylic acid groups (broad SMARTS) is 1. The first-order valence-corrected chi connectivity index (χ1v) is 7.00. The molecule has 0 saturated heterocycles. The highest BCUT2D eigenvalue weighted by Crippen LogP contribution is 2.32. The number of aliphatic carboxylic acids is 1. The maximum Gasteiger partial charge on any atom is 0.329 e. The maximum absolute atomic E-state index is 12.2. The molecule has 108 valence electrons. The summed E-state index contributed by atoms with van der Waals surface area (Å²) in [5, 5.41) is 13.2. The van der Waals surface area contributed by atoms with Crippen LogP contribution in [-0.2, 0) is 4.79 Å². The summed E-state index contributed by atoms with van der Waals surface area (Å²) in [6.07, 6.45) is 1.70. The van der Waals surface area contributed by atoms with E-state index in [2.05, 4.69) is 10.3 Å². The van der Waals surface area contributed by atoms with Gasteiger partial charge in [0.15, 0.2) is 0 Å². The van der Waals surface area contributed by atoms with Crippen LogP contribution in [-0.4, -0.2) is 27.5 Å².